The Hall–Kier alpha value is -2.40. The van der Waals surface area contributed by atoms with E-state index in [1.807, 2.05) is 6.07 Å². The monoisotopic (exact) mass is 323 g/mol. The van der Waals surface area contributed by atoms with Gasteiger partial charge < -0.3 is 18.9 Å². The van der Waals surface area contributed by atoms with Crippen LogP contribution in [0.15, 0.2) is 18.2 Å². The molecule has 0 bridgehead atoms. The van der Waals surface area contributed by atoms with Crippen LogP contribution in [0.2, 0.25) is 0 Å². The van der Waals surface area contributed by atoms with Crippen LogP contribution in [0.5, 0.6) is 23.0 Å². The summed E-state index contributed by atoms with van der Waals surface area (Å²) in [4.78, 5) is 2.45. The van der Waals surface area contributed by atoms with E-state index in [0.29, 0.717) is 6.04 Å². The molecule has 0 spiro atoms. The van der Waals surface area contributed by atoms with Crippen molar-refractivity contribution >= 4 is 0 Å². The maximum absolute atomic E-state index is 5.88. The lowest BCUT2D eigenvalue weighted by molar-refractivity contribution is 0.172. The van der Waals surface area contributed by atoms with Gasteiger partial charge in [-0.05, 0) is 48.7 Å². The molecular formula is C19H17NO4. The summed E-state index contributed by atoms with van der Waals surface area (Å²) >= 11 is 0. The summed E-state index contributed by atoms with van der Waals surface area (Å²) in [7, 11) is 2.21. The van der Waals surface area contributed by atoms with Crippen LogP contribution < -0.4 is 18.9 Å². The highest BCUT2D eigenvalue weighted by Crippen LogP contribution is 2.57. The third kappa shape index (κ3) is 1.48. The zero-order valence-electron chi connectivity index (χ0n) is 13.4. The predicted molar refractivity (Wildman–Crippen MR) is 86.9 cm³/mol. The number of hydrogen-bond donors (Lipinski definition) is 0. The number of likely N-dealkylation sites (N-methyl/N-ethyl adjacent to an activating group) is 1. The number of fused-ring (bicyclic) bond motifs is 6. The minimum absolute atomic E-state index is 0.281. The Kier molecular flexibility index (Phi) is 2.35. The molecule has 3 heterocycles. The van der Waals surface area contributed by atoms with E-state index in [9.17, 15) is 0 Å². The van der Waals surface area contributed by atoms with Gasteiger partial charge in [0.2, 0.25) is 13.6 Å². The highest BCUT2D eigenvalue weighted by Gasteiger charge is 2.40. The molecule has 2 aromatic carbocycles. The Morgan fingerprint density at radius 2 is 1.71 bits per heavy atom. The molecule has 0 fully saturated rings. The van der Waals surface area contributed by atoms with Crippen molar-refractivity contribution in [2.45, 2.75) is 18.9 Å². The molecule has 0 saturated carbocycles. The maximum atomic E-state index is 5.88. The average molecular weight is 323 g/mol. The van der Waals surface area contributed by atoms with E-state index in [0.717, 1.165) is 53.5 Å². The van der Waals surface area contributed by atoms with Crippen LogP contribution in [0.4, 0.5) is 0 Å². The summed E-state index contributed by atoms with van der Waals surface area (Å²) in [6.45, 7) is 1.63. The Balaban J connectivity index is 1.74. The predicted octanol–water partition coefficient (Wildman–Crippen LogP) is 2.90. The van der Waals surface area contributed by atoms with E-state index < -0.39 is 0 Å². The number of hydrogen-bond acceptors (Lipinski definition) is 5. The minimum atomic E-state index is 0.281. The fraction of sp³-hybridized carbons (Fsp3) is 0.368. The zero-order valence-corrected chi connectivity index (χ0v) is 13.4. The molecule has 0 aromatic heterocycles. The van der Waals surface area contributed by atoms with Gasteiger partial charge >= 0.3 is 0 Å². The van der Waals surface area contributed by atoms with Crippen molar-refractivity contribution in [1.29, 1.82) is 0 Å². The van der Waals surface area contributed by atoms with Crippen molar-refractivity contribution in [2.75, 3.05) is 27.2 Å². The second-order valence-corrected chi connectivity index (χ2v) is 6.84. The van der Waals surface area contributed by atoms with Crippen molar-refractivity contribution in [3.8, 4) is 34.1 Å². The molecule has 2 aromatic rings. The largest absolute Gasteiger partial charge is 0.454 e. The highest BCUT2D eigenvalue weighted by atomic mass is 16.7. The second-order valence-electron chi connectivity index (χ2n) is 6.84. The first-order chi connectivity index (χ1) is 11.8. The fourth-order valence-corrected chi connectivity index (χ4v) is 4.54. The maximum Gasteiger partial charge on any atom is 0.231 e. The number of benzene rings is 2. The topological polar surface area (TPSA) is 40.2 Å². The Morgan fingerprint density at radius 3 is 2.58 bits per heavy atom. The quantitative estimate of drug-likeness (QED) is 0.745. The summed E-state index contributed by atoms with van der Waals surface area (Å²) < 4.78 is 23.1. The van der Waals surface area contributed by atoms with Crippen LogP contribution in [-0.4, -0.2) is 32.1 Å². The molecule has 0 saturated heterocycles. The first-order valence-electron chi connectivity index (χ1n) is 8.38. The second kappa shape index (κ2) is 4.36. The van der Waals surface area contributed by atoms with Gasteiger partial charge in [-0.3, -0.25) is 4.90 Å². The van der Waals surface area contributed by atoms with Gasteiger partial charge in [0.05, 0.1) is 0 Å². The third-order valence-corrected chi connectivity index (χ3v) is 5.68. The van der Waals surface area contributed by atoms with E-state index in [1.165, 1.54) is 16.7 Å². The van der Waals surface area contributed by atoms with Gasteiger partial charge in [0.15, 0.2) is 23.0 Å². The third-order valence-electron chi connectivity index (χ3n) is 5.68. The first kappa shape index (κ1) is 13.0. The van der Waals surface area contributed by atoms with Crippen molar-refractivity contribution in [3.63, 3.8) is 0 Å². The van der Waals surface area contributed by atoms with Crippen molar-refractivity contribution in [2.24, 2.45) is 0 Å². The molecule has 0 N–H and O–H groups in total. The highest BCUT2D eigenvalue weighted by molar-refractivity contribution is 5.89. The molecule has 4 aliphatic rings. The molecule has 122 valence electrons. The van der Waals surface area contributed by atoms with Crippen LogP contribution in [0, 0.1) is 0 Å². The summed E-state index contributed by atoms with van der Waals surface area (Å²) in [6.07, 6.45) is 2.02. The molecule has 1 atom stereocenters. The van der Waals surface area contributed by atoms with Gasteiger partial charge in [0, 0.05) is 23.7 Å². The van der Waals surface area contributed by atoms with Crippen LogP contribution in [0.25, 0.3) is 11.1 Å². The van der Waals surface area contributed by atoms with E-state index >= 15 is 0 Å². The van der Waals surface area contributed by atoms with E-state index in [-0.39, 0.29) is 13.6 Å². The van der Waals surface area contributed by atoms with Gasteiger partial charge in [0.1, 0.15) is 0 Å². The Bertz CT molecular complexity index is 892. The minimum Gasteiger partial charge on any atom is -0.454 e. The molecule has 5 heteroatoms. The van der Waals surface area contributed by atoms with Crippen molar-refractivity contribution in [3.05, 3.63) is 34.9 Å². The van der Waals surface area contributed by atoms with Gasteiger partial charge in [-0.15, -0.1) is 0 Å². The fourth-order valence-electron chi connectivity index (χ4n) is 4.54. The zero-order chi connectivity index (χ0) is 15.8. The number of nitrogens with zero attached hydrogens (tertiary/aromatic N) is 1. The first-order valence-corrected chi connectivity index (χ1v) is 8.38. The van der Waals surface area contributed by atoms with Crippen molar-refractivity contribution in [1.82, 2.24) is 4.90 Å². The molecule has 1 aliphatic carbocycles. The molecule has 3 aliphatic heterocycles. The molecule has 5 nitrogen and oxygen atoms in total. The summed E-state index contributed by atoms with van der Waals surface area (Å²) in [5.41, 5.74) is 6.33. The molecule has 0 radical (unpaired) electrons. The number of rotatable bonds is 0. The van der Waals surface area contributed by atoms with Crippen LogP contribution in [0.3, 0.4) is 0 Å². The van der Waals surface area contributed by atoms with Gasteiger partial charge in [-0.2, -0.15) is 0 Å². The van der Waals surface area contributed by atoms with Gasteiger partial charge in [-0.25, -0.2) is 0 Å². The summed E-state index contributed by atoms with van der Waals surface area (Å²) in [6, 6.07) is 6.75. The van der Waals surface area contributed by atoms with E-state index in [1.54, 1.807) is 0 Å². The van der Waals surface area contributed by atoms with Crippen molar-refractivity contribution < 1.29 is 18.9 Å². The lowest BCUT2D eigenvalue weighted by Gasteiger charge is -2.40. The summed E-state index contributed by atoms with van der Waals surface area (Å²) in [5, 5.41) is 0. The summed E-state index contributed by atoms with van der Waals surface area (Å²) in [5.74, 6) is 3.39. The average Bonchev–Trinajstić information content (AvgIpc) is 3.25. The lowest BCUT2D eigenvalue weighted by Crippen LogP contribution is -2.35. The van der Waals surface area contributed by atoms with Crippen LogP contribution in [-0.2, 0) is 12.8 Å². The smallest absolute Gasteiger partial charge is 0.231 e. The normalized spacial score (nSPS) is 22.3. The lowest BCUT2D eigenvalue weighted by atomic mass is 9.76. The SMILES string of the molecule is CN1CCc2cc3c(c4c2C1Cc1ccc2c(c1-4)OCO2)OCO3. The van der Waals surface area contributed by atoms with Gasteiger partial charge in [-0.1, -0.05) is 6.07 Å². The molecule has 0 amide bonds. The van der Waals surface area contributed by atoms with E-state index in [4.69, 9.17) is 18.9 Å². The standard InChI is InChI=1S/C19H17NO4/c1-20-5-4-11-7-14-19(24-9-22-14)17-15(11)12(20)6-10-2-3-13-18(16(10)17)23-8-21-13/h2-3,7,12H,4-6,8-9H2,1H3. The van der Waals surface area contributed by atoms with Crippen LogP contribution in [0.1, 0.15) is 22.7 Å². The Morgan fingerprint density at radius 1 is 0.917 bits per heavy atom. The van der Waals surface area contributed by atoms with Crippen LogP contribution >= 0.6 is 0 Å². The Labute approximate surface area is 139 Å². The molecule has 6 rings (SSSR count). The molecular weight excluding hydrogens is 306 g/mol. The van der Waals surface area contributed by atoms with Gasteiger partial charge in [0.25, 0.3) is 0 Å². The molecule has 1 unspecified atom stereocenters. The van der Waals surface area contributed by atoms with E-state index in [2.05, 4.69) is 24.1 Å². The number of ether oxygens (including phenoxy) is 4. The molecule has 24 heavy (non-hydrogen) atoms.